The lowest BCUT2D eigenvalue weighted by Crippen LogP contribution is -2.41. The summed E-state index contributed by atoms with van der Waals surface area (Å²) in [6.07, 6.45) is 0. The second-order valence-corrected chi connectivity index (χ2v) is 9.38. The van der Waals surface area contributed by atoms with E-state index in [0.29, 0.717) is 49.3 Å². The Morgan fingerprint density at radius 3 is 2.59 bits per heavy atom. The molecule has 29 heavy (non-hydrogen) atoms. The van der Waals surface area contributed by atoms with Crippen molar-refractivity contribution in [1.82, 2.24) is 14.1 Å². The molecule has 1 saturated heterocycles. The molecule has 0 unspecified atom stereocenters. The number of nitrogens with zero attached hydrogens (tertiary/aromatic N) is 3. The number of carbonyl (C=O) groups excluding carboxylic acids is 1. The molecule has 0 bridgehead atoms. The maximum atomic E-state index is 13.0. The van der Waals surface area contributed by atoms with Gasteiger partial charge in [-0.05, 0) is 37.5 Å². The standard InChI is InChI=1S/C20H28N4O4S/c1-14(2)17-6-5-7-18(12-17)21-19(25)13-24-16(4)20(15(3)22-24)29(26,27)23-8-10-28-11-9-23/h5-7,12,14H,8-11,13H2,1-4H3,(H,21,25). The van der Waals surface area contributed by atoms with Crippen LogP contribution in [0.4, 0.5) is 5.69 Å². The normalized spacial score (nSPS) is 15.6. The van der Waals surface area contributed by atoms with Crippen molar-refractivity contribution in [2.75, 3.05) is 31.6 Å². The molecule has 1 aromatic heterocycles. The van der Waals surface area contributed by atoms with E-state index in [1.165, 1.54) is 8.99 Å². The van der Waals surface area contributed by atoms with Crippen LogP contribution in [0.3, 0.4) is 0 Å². The summed E-state index contributed by atoms with van der Waals surface area (Å²) in [6, 6.07) is 7.70. The van der Waals surface area contributed by atoms with Crippen LogP contribution in [0, 0.1) is 13.8 Å². The molecule has 3 rings (SSSR count). The van der Waals surface area contributed by atoms with Gasteiger partial charge in [0.25, 0.3) is 0 Å². The molecule has 1 aliphatic rings. The number of benzene rings is 1. The van der Waals surface area contributed by atoms with Gasteiger partial charge in [0, 0.05) is 18.8 Å². The smallest absolute Gasteiger partial charge is 0.246 e. The summed E-state index contributed by atoms with van der Waals surface area (Å²) in [5.74, 6) is 0.0997. The second kappa shape index (κ2) is 8.64. The van der Waals surface area contributed by atoms with Gasteiger partial charge in [-0.15, -0.1) is 0 Å². The number of nitrogens with one attached hydrogen (secondary N) is 1. The predicted octanol–water partition coefficient (Wildman–Crippen LogP) is 2.28. The van der Waals surface area contributed by atoms with Gasteiger partial charge in [-0.3, -0.25) is 9.48 Å². The Kier molecular flexibility index (Phi) is 6.40. The van der Waals surface area contributed by atoms with Gasteiger partial charge in [0.2, 0.25) is 15.9 Å². The zero-order chi connectivity index (χ0) is 21.2. The molecule has 8 nitrogen and oxygen atoms in total. The molecule has 0 saturated carbocycles. The van der Waals surface area contributed by atoms with Crippen LogP contribution in [0.15, 0.2) is 29.2 Å². The third-order valence-electron chi connectivity index (χ3n) is 5.01. The van der Waals surface area contributed by atoms with Gasteiger partial charge in [-0.2, -0.15) is 9.40 Å². The summed E-state index contributed by atoms with van der Waals surface area (Å²) < 4.78 is 34.2. The maximum Gasteiger partial charge on any atom is 0.246 e. The number of hydrogen-bond acceptors (Lipinski definition) is 5. The fraction of sp³-hybridized carbons (Fsp3) is 0.500. The van der Waals surface area contributed by atoms with Gasteiger partial charge in [0.05, 0.1) is 24.6 Å². The van der Waals surface area contributed by atoms with Crippen molar-refractivity contribution in [3.63, 3.8) is 0 Å². The largest absolute Gasteiger partial charge is 0.379 e. The Balaban J connectivity index is 1.78. The Morgan fingerprint density at radius 1 is 1.24 bits per heavy atom. The van der Waals surface area contributed by atoms with E-state index in [4.69, 9.17) is 4.74 Å². The Labute approximate surface area is 171 Å². The summed E-state index contributed by atoms with van der Waals surface area (Å²) in [5.41, 5.74) is 2.69. The number of rotatable bonds is 6. The highest BCUT2D eigenvalue weighted by molar-refractivity contribution is 7.89. The minimum absolute atomic E-state index is 0.0583. The zero-order valence-corrected chi connectivity index (χ0v) is 18.1. The van der Waals surface area contributed by atoms with E-state index in [9.17, 15) is 13.2 Å². The molecular formula is C20H28N4O4S. The van der Waals surface area contributed by atoms with Crippen LogP contribution in [-0.4, -0.2) is 54.7 Å². The second-order valence-electron chi connectivity index (χ2n) is 7.50. The lowest BCUT2D eigenvalue weighted by atomic mass is 10.0. The first-order valence-electron chi connectivity index (χ1n) is 9.72. The van der Waals surface area contributed by atoms with Crippen molar-refractivity contribution < 1.29 is 17.9 Å². The van der Waals surface area contributed by atoms with Crippen LogP contribution in [-0.2, 0) is 26.1 Å². The van der Waals surface area contributed by atoms with Gasteiger partial charge >= 0.3 is 0 Å². The van der Waals surface area contributed by atoms with Crippen molar-refractivity contribution >= 4 is 21.6 Å². The lowest BCUT2D eigenvalue weighted by molar-refractivity contribution is -0.116. The molecule has 1 aromatic carbocycles. The Hall–Kier alpha value is -2.23. The monoisotopic (exact) mass is 420 g/mol. The van der Waals surface area contributed by atoms with Gasteiger partial charge in [0.1, 0.15) is 11.4 Å². The highest BCUT2D eigenvalue weighted by atomic mass is 32.2. The molecule has 0 atom stereocenters. The Bertz CT molecular complexity index is 992. The predicted molar refractivity (Wildman–Crippen MR) is 110 cm³/mol. The topological polar surface area (TPSA) is 93.5 Å². The van der Waals surface area contributed by atoms with Crippen molar-refractivity contribution in [3.05, 3.63) is 41.2 Å². The number of morpholine rings is 1. The quantitative estimate of drug-likeness (QED) is 0.774. The van der Waals surface area contributed by atoms with Crippen LogP contribution in [0.5, 0.6) is 0 Å². The molecule has 1 fully saturated rings. The number of hydrogen-bond donors (Lipinski definition) is 1. The van der Waals surface area contributed by atoms with Crippen LogP contribution in [0.2, 0.25) is 0 Å². The molecule has 2 heterocycles. The minimum atomic E-state index is -3.67. The first-order valence-corrected chi connectivity index (χ1v) is 11.2. The summed E-state index contributed by atoms with van der Waals surface area (Å²) >= 11 is 0. The van der Waals surface area contributed by atoms with Gasteiger partial charge in [0.15, 0.2) is 0 Å². The number of aryl methyl sites for hydroxylation is 1. The number of ether oxygens (including phenoxy) is 1. The summed E-state index contributed by atoms with van der Waals surface area (Å²) in [5, 5.41) is 7.18. The molecule has 0 spiro atoms. The van der Waals surface area contributed by atoms with E-state index in [0.717, 1.165) is 5.56 Å². The van der Waals surface area contributed by atoms with Crippen molar-refractivity contribution in [2.45, 2.75) is 45.1 Å². The van der Waals surface area contributed by atoms with E-state index >= 15 is 0 Å². The average molecular weight is 421 g/mol. The van der Waals surface area contributed by atoms with Crippen molar-refractivity contribution in [2.24, 2.45) is 0 Å². The summed E-state index contributed by atoms with van der Waals surface area (Å²) in [7, 11) is -3.67. The van der Waals surface area contributed by atoms with Crippen molar-refractivity contribution in [1.29, 1.82) is 0 Å². The van der Waals surface area contributed by atoms with Crippen LogP contribution in [0.25, 0.3) is 0 Å². The molecule has 1 amide bonds. The summed E-state index contributed by atoms with van der Waals surface area (Å²) in [6.45, 7) is 8.85. The number of sulfonamides is 1. The highest BCUT2D eigenvalue weighted by Gasteiger charge is 2.32. The number of anilines is 1. The molecule has 0 aliphatic carbocycles. The van der Waals surface area contributed by atoms with Gasteiger partial charge in [-0.25, -0.2) is 8.42 Å². The Morgan fingerprint density at radius 2 is 1.93 bits per heavy atom. The maximum absolute atomic E-state index is 13.0. The molecule has 1 N–H and O–H groups in total. The van der Waals surface area contributed by atoms with Crippen molar-refractivity contribution in [3.8, 4) is 0 Å². The molecule has 9 heteroatoms. The highest BCUT2D eigenvalue weighted by Crippen LogP contribution is 2.24. The van der Waals surface area contributed by atoms with Crippen LogP contribution < -0.4 is 5.32 Å². The number of aromatic nitrogens is 2. The fourth-order valence-electron chi connectivity index (χ4n) is 3.44. The third-order valence-corrected chi connectivity index (χ3v) is 7.17. The van der Waals surface area contributed by atoms with E-state index in [1.807, 2.05) is 24.3 Å². The lowest BCUT2D eigenvalue weighted by Gasteiger charge is -2.26. The third kappa shape index (κ3) is 4.68. The summed E-state index contributed by atoms with van der Waals surface area (Å²) in [4.78, 5) is 12.7. The minimum Gasteiger partial charge on any atom is -0.379 e. The van der Waals surface area contributed by atoms with Gasteiger partial charge in [-0.1, -0.05) is 26.0 Å². The molecule has 0 radical (unpaired) electrons. The molecular weight excluding hydrogens is 392 g/mol. The first kappa shape index (κ1) is 21.5. The van der Waals surface area contributed by atoms with Crippen LogP contribution >= 0.6 is 0 Å². The average Bonchev–Trinajstić information content (AvgIpc) is 2.96. The number of amides is 1. The van der Waals surface area contributed by atoms with Gasteiger partial charge < -0.3 is 10.1 Å². The molecule has 158 valence electrons. The van der Waals surface area contributed by atoms with E-state index in [1.54, 1.807) is 13.8 Å². The first-order chi connectivity index (χ1) is 13.7. The zero-order valence-electron chi connectivity index (χ0n) is 17.3. The van der Waals surface area contributed by atoms with E-state index in [-0.39, 0.29) is 17.3 Å². The SMILES string of the molecule is Cc1nn(CC(=O)Nc2cccc(C(C)C)c2)c(C)c1S(=O)(=O)N1CCOCC1. The van der Waals surface area contributed by atoms with E-state index < -0.39 is 10.0 Å². The molecule has 2 aromatic rings. The van der Waals surface area contributed by atoms with Crippen LogP contribution in [0.1, 0.15) is 36.7 Å². The number of carbonyl (C=O) groups is 1. The fourth-order valence-corrected chi connectivity index (χ4v) is 5.22. The molecule has 1 aliphatic heterocycles. The van der Waals surface area contributed by atoms with E-state index in [2.05, 4.69) is 24.3 Å².